The molecule has 0 unspecified atom stereocenters. The van der Waals surface area contributed by atoms with Crippen LogP contribution in [0.25, 0.3) is 0 Å². The molecule has 8 heteroatoms. The predicted octanol–water partition coefficient (Wildman–Crippen LogP) is 2.60. The highest BCUT2D eigenvalue weighted by Crippen LogP contribution is 2.38. The topological polar surface area (TPSA) is 74.3 Å². The molecule has 0 saturated carbocycles. The Morgan fingerprint density at radius 1 is 0.931 bits per heavy atom. The first-order valence-electron chi connectivity index (χ1n) is 8.80. The Labute approximate surface area is 168 Å². The van der Waals surface area contributed by atoms with Gasteiger partial charge in [0.1, 0.15) is 5.82 Å². The summed E-state index contributed by atoms with van der Waals surface area (Å²) in [6.07, 6.45) is -0.0638. The van der Waals surface area contributed by atoms with Crippen molar-refractivity contribution in [3.8, 4) is 17.2 Å². The minimum atomic E-state index is -0.567. The zero-order valence-electron chi connectivity index (χ0n) is 16.9. The van der Waals surface area contributed by atoms with Gasteiger partial charge in [-0.2, -0.15) is 0 Å². The smallest absolute Gasteiger partial charge is 0.310 e. The Kier molecular flexibility index (Phi) is 7.82. The number of amides is 1. The molecule has 7 nitrogen and oxygen atoms in total. The number of carbonyl (C=O) groups excluding carboxylic acids is 2. The summed E-state index contributed by atoms with van der Waals surface area (Å²) in [5.74, 6) is -0.0157. The van der Waals surface area contributed by atoms with Gasteiger partial charge < -0.3 is 23.8 Å². The van der Waals surface area contributed by atoms with Crippen LogP contribution in [0.5, 0.6) is 17.2 Å². The van der Waals surface area contributed by atoms with Crippen LogP contribution in [0.15, 0.2) is 36.4 Å². The zero-order chi connectivity index (χ0) is 21.4. The summed E-state index contributed by atoms with van der Waals surface area (Å²) < 4.78 is 33.8. The van der Waals surface area contributed by atoms with Crippen LogP contribution in [-0.4, -0.2) is 51.8 Å². The van der Waals surface area contributed by atoms with Crippen LogP contribution in [-0.2, 0) is 27.3 Å². The molecule has 156 valence electrons. The van der Waals surface area contributed by atoms with Gasteiger partial charge in [0.05, 0.1) is 27.8 Å². The number of nitrogens with zero attached hydrogens (tertiary/aromatic N) is 1. The van der Waals surface area contributed by atoms with Gasteiger partial charge >= 0.3 is 5.97 Å². The van der Waals surface area contributed by atoms with Gasteiger partial charge in [-0.15, -0.1) is 0 Å². The lowest BCUT2D eigenvalue weighted by Crippen LogP contribution is -2.31. The molecule has 1 amide bonds. The molecule has 0 aliphatic rings. The number of benzene rings is 2. The van der Waals surface area contributed by atoms with Crippen molar-refractivity contribution < 1.29 is 32.9 Å². The summed E-state index contributed by atoms with van der Waals surface area (Å²) in [6, 6.07) is 9.12. The SMILES string of the molecule is COc1cc(CC(=O)OCC(=O)N(C)Cc2ccc(F)cc2)cc(OC)c1OC. The second kappa shape index (κ2) is 10.3. The standard InChI is InChI=1S/C21H24FNO6/c1-23(12-14-5-7-16(22)8-6-14)19(24)13-29-20(25)11-15-9-17(26-2)21(28-4)18(10-15)27-3/h5-10H,11-13H2,1-4H3. The normalized spacial score (nSPS) is 10.2. The highest BCUT2D eigenvalue weighted by Gasteiger charge is 2.17. The van der Waals surface area contributed by atoms with Crippen LogP contribution in [0.4, 0.5) is 4.39 Å². The number of hydrogen-bond donors (Lipinski definition) is 0. The van der Waals surface area contributed by atoms with Gasteiger partial charge in [0.15, 0.2) is 18.1 Å². The maximum atomic E-state index is 12.9. The van der Waals surface area contributed by atoms with E-state index in [4.69, 9.17) is 18.9 Å². The molecule has 2 aromatic rings. The van der Waals surface area contributed by atoms with Crippen molar-refractivity contribution >= 4 is 11.9 Å². The molecule has 2 rings (SSSR count). The Bertz CT molecular complexity index is 828. The minimum Gasteiger partial charge on any atom is -0.493 e. The monoisotopic (exact) mass is 405 g/mol. The van der Waals surface area contributed by atoms with Gasteiger partial charge in [0, 0.05) is 13.6 Å². The van der Waals surface area contributed by atoms with E-state index < -0.39 is 5.97 Å². The molecule has 0 atom stereocenters. The molecule has 0 bridgehead atoms. The quantitative estimate of drug-likeness (QED) is 0.597. The molecule has 0 heterocycles. The lowest BCUT2D eigenvalue weighted by atomic mass is 10.1. The van der Waals surface area contributed by atoms with E-state index in [2.05, 4.69) is 0 Å². The first-order chi connectivity index (χ1) is 13.9. The van der Waals surface area contributed by atoms with Crippen LogP contribution in [0.3, 0.4) is 0 Å². The van der Waals surface area contributed by atoms with Crippen molar-refractivity contribution in [3.63, 3.8) is 0 Å². The number of likely N-dealkylation sites (N-methyl/N-ethyl adjacent to an activating group) is 1. The third-order valence-electron chi connectivity index (χ3n) is 4.19. The molecule has 0 saturated heterocycles. The van der Waals surface area contributed by atoms with Crippen molar-refractivity contribution in [2.24, 2.45) is 0 Å². The second-order valence-electron chi connectivity index (χ2n) is 6.25. The number of rotatable bonds is 9. The molecule has 0 aliphatic carbocycles. The number of ether oxygens (including phenoxy) is 4. The molecule has 0 aromatic heterocycles. The van der Waals surface area contributed by atoms with Crippen molar-refractivity contribution in [2.75, 3.05) is 35.0 Å². The fraction of sp³-hybridized carbons (Fsp3) is 0.333. The van der Waals surface area contributed by atoms with Gasteiger partial charge in [0.2, 0.25) is 5.75 Å². The molecular weight excluding hydrogens is 381 g/mol. The van der Waals surface area contributed by atoms with Crippen LogP contribution in [0.1, 0.15) is 11.1 Å². The lowest BCUT2D eigenvalue weighted by Gasteiger charge is -2.17. The van der Waals surface area contributed by atoms with Gasteiger partial charge in [0.25, 0.3) is 5.91 Å². The van der Waals surface area contributed by atoms with Crippen molar-refractivity contribution in [2.45, 2.75) is 13.0 Å². The number of hydrogen-bond acceptors (Lipinski definition) is 6. The highest BCUT2D eigenvalue weighted by atomic mass is 19.1. The van der Waals surface area contributed by atoms with E-state index in [1.807, 2.05) is 0 Å². The summed E-state index contributed by atoms with van der Waals surface area (Å²) in [6.45, 7) is -0.107. The highest BCUT2D eigenvalue weighted by molar-refractivity contribution is 5.81. The summed E-state index contributed by atoms with van der Waals surface area (Å²) >= 11 is 0. The molecule has 0 aliphatic heterocycles. The molecule has 0 spiro atoms. The average molecular weight is 405 g/mol. The van der Waals surface area contributed by atoms with E-state index in [9.17, 15) is 14.0 Å². The zero-order valence-corrected chi connectivity index (χ0v) is 16.9. The molecule has 29 heavy (non-hydrogen) atoms. The van der Waals surface area contributed by atoms with E-state index in [0.29, 0.717) is 22.8 Å². The average Bonchev–Trinajstić information content (AvgIpc) is 2.72. The van der Waals surface area contributed by atoms with E-state index in [-0.39, 0.29) is 31.3 Å². The minimum absolute atomic E-state index is 0.0638. The van der Waals surface area contributed by atoms with Crippen LogP contribution in [0, 0.1) is 5.82 Å². The summed E-state index contributed by atoms with van der Waals surface area (Å²) in [4.78, 5) is 25.7. The van der Waals surface area contributed by atoms with E-state index in [1.165, 1.54) is 38.4 Å². The fourth-order valence-corrected chi connectivity index (χ4v) is 2.66. The van der Waals surface area contributed by atoms with Gasteiger partial charge in [-0.1, -0.05) is 12.1 Å². The van der Waals surface area contributed by atoms with Gasteiger partial charge in [-0.3, -0.25) is 9.59 Å². The van der Waals surface area contributed by atoms with E-state index in [0.717, 1.165) is 5.56 Å². The van der Waals surface area contributed by atoms with Gasteiger partial charge in [-0.05, 0) is 35.4 Å². The molecular formula is C21H24FNO6. The molecule has 0 radical (unpaired) electrons. The fourth-order valence-electron chi connectivity index (χ4n) is 2.66. The summed E-state index contributed by atoms with van der Waals surface area (Å²) in [5, 5.41) is 0. The Morgan fingerprint density at radius 2 is 1.52 bits per heavy atom. The van der Waals surface area contributed by atoms with Crippen LogP contribution < -0.4 is 14.2 Å². The Balaban J connectivity index is 1.92. The third-order valence-corrected chi connectivity index (χ3v) is 4.19. The Hall–Kier alpha value is -3.29. The third kappa shape index (κ3) is 6.10. The van der Waals surface area contributed by atoms with Gasteiger partial charge in [-0.25, -0.2) is 4.39 Å². The van der Waals surface area contributed by atoms with Crippen molar-refractivity contribution in [3.05, 3.63) is 53.3 Å². The van der Waals surface area contributed by atoms with E-state index in [1.54, 1.807) is 31.3 Å². The summed E-state index contributed by atoms with van der Waals surface area (Å²) in [5.41, 5.74) is 1.36. The lowest BCUT2D eigenvalue weighted by molar-refractivity contribution is -0.151. The predicted molar refractivity (Wildman–Crippen MR) is 104 cm³/mol. The maximum absolute atomic E-state index is 12.9. The van der Waals surface area contributed by atoms with Crippen molar-refractivity contribution in [1.82, 2.24) is 4.90 Å². The maximum Gasteiger partial charge on any atom is 0.310 e. The first-order valence-corrected chi connectivity index (χ1v) is 8.80. The number of esters is 1. The summed E-state index contributed by atoms with van der Waals surface area (Å²) in [7, 11) is 6.03. The molecule has 0 N–H and O–H groups in total. The van der Waals surface area contributed by atoms with Crippen LogP contribution >= 0.6 is 0 Å². The van der Waals surface area contributed by atoms with Crippen LogP contribution in [0.2, 0.25) is 0 Å². The first kappa shape index (κ1) is 22.0. The van der Waals surface area contributed by atoms with E-state index >= 15 is 0 Å². The molecule has 0 fully saturated rings. The van der Waals surface area contributed by atoms with Crippen molar-refractivity contribution in [1.29, 1.82) is 0 Å². The number of carbonyl (C=O) groups is 2. The largest absolute Gasteiger partial charge is 0.493 e. The number of methoxy groups -OCH3 is 3. The second-order valence-corrected chi connectivity index (χ2v) is 6.25. The molecule has 2 aromatic carbocycles. The number of halogens is 1. The Morgan fingerprint density at radius 3 is 2.03 bits per heavy atom.